The Bertz CT molecular complexity index is 956. The van der Waals surface area contributed by atoms with Crippen molar-refractivity contribution in [1.82, 2.24) is 9.97 Å². The van der Waals surface area contributed by atoms with Crippen LogP contribution < -0.4 is 10.2 Å². The van der Waals surface area contributed by atoms with Gasteiger partial charge in [0, 0.05) is 37.2 Å². The average Bonchev–Trinajstić information content (AvgIpc) is 2.73. The number of benzene rings is 1. The number of amides is 1. The Hall–Kier alpha value is -3.54. The van der Waals surface area contributed by atoms with Gasteiger partial charge in [-0.2, -0.15) is 0 Å². The summed E-state index contributed by atoms with van der Waals surface area (Å²) in [6.45, 7) is 2.32. The molecule has 0 bridgehead atoms. The van der Waals surface area contributed by atoms with Crippen molar-refractivity contribution in [1.29, 1.82) is 0 Å². The van der Waals surface area contributed by atoms with Gasteiger partial charge in [-0.25, -0.2) is 4.98 Å². The summed E-state index contributed by atoms with van der Waals surface area (Å²) in [6, 6.07) is 14.4. The minimum Gasteiger partial charge on any atom is -0.373 e. The highest BCUT2D eigenvalue weighted by Crippen LogP contribution is 2.15. The smallest absolute Gasteiger partial charge is 0.274 e. The number of aromatic nitrogens is 2. The molecule has 1 amide bonds. The highest BCUT2D eigenvalue weighted by atomic mass is 16.2. The molecule has 0 saturated carbocycles. The zero-order valence-electron chi connectivity index (χ0n) is 15.9. The fraction of sp³-hybridized carbons (Fsp3) is 0.182. The quantitative estimate of drug-likeness (QED) is 0.640. The van der Waals surface area contributed by atoms with Crippen molar-refractivity contribution in [2.24, 2.45) is 0 Å². The van der Waals surface area contributed by atoms with Gasteiger partial charge in [-0.1, -0.05) is 12.1 Å². The number of carbonyl (C=O) groups is 2. The number of hydrogen-bond acceptors (Lipinski definition) is 5. The number of hydrogen-bond donors (Lipinski definition) is 1. The average molecular weight is 374 g/mol. The van der Waals surface area contributed by atoms with Gasteiger partial charge in [-0.3, -0.25) is 14.6 Å². The van der Waals surface area contributed by atoms with Crippen molar-refractivity contribution in [2.45, 2.75) is 13.3 Å². The van der Waals surface area contributed by atoms with E-state index in [0.717, 1.165) is 18.7 Å². The minimum absolute atomic E-state index is 0.0478. The molecule has 0 saturated heterocycles. The van der Waals surface area contributed by atoms with Crippen LogP contribution in [0.15, 0.2) is 67.1 Å². The first-order chi connectivity index (χ1) is 13.5. The predicted octanol–water partition coefficient (Wildman–Crippen LogP) is 3.61. The van der Waals surface area contributed by atoms with E-state index in [-0.39, 0.29) is 11.7 Å². The van der Waals surface area contributed by atoms with Gasteiger partial charge < -0.3 is 10.2 Å². The number of anilines is 2. The number of pyridine rings is 2. The topological polar surface area (TPSA) is 75.2 Å². The Morgan fingerprint density at radius 3 is 2.54 bits per heavy atom. The van der Waals surface area contributed by atoms with Gasteiger partial charge in [0.1, 0.15) is 5.69 Å². The lowest BCUT2D eigenvalue weighted by molar-refractivity contribution is 0.100. The first kappa shape index (κ1) is 19.2. The molecule has 0 aliphatic heterocycles. The monoisotopic (exact) mass is 374 g/mol. The number of rotatable bonds is 7. The highest BCUT2D eigenvalue weighted by Gasteiger charge is 2.10. The molecule has 0 aliphatic carbocycles. The summed E-state index contributed by atoms with van der Waals surface area (Å²) in [5.74, 6) is -0.361. The van der Waals surface area contributed by atoms with Crippen LogP contribution in [0.5, 0.6) is 0 Å². The third kappa shape index (κ3) is 5.01. The summed E-state index contributed by atoms with van der Waals surface area (Å²) < 4.78 is 0. The zero-order valence-corrected chi connectivity index (χ0v) is 15.9. The van der Waals surface area contributed by atoms with Gasteiger partial charge in [0.2, 0.25) is 0 Å². The van der Waals surface area contributed by atoms with Gasteiger partial charge in [0.25, 0.3) is 5.91 Å². The maximum atomic E-state index is 12.4. The van der Waals surface area contributed by atoms with Crippen molar-refractivity contribution in [2.75, 3.05) is 23.8 Å². The first-order valence-corrected chi connectivity index (χ1v) is 9.01. The van der Waals surface area contributed by atoms with Crippen molar-refractivity contribution in [3.63, 3.8) is 0 Å². The van der Waals surface area contributed by atoms with Crippen LogP contribution in [-0.2, 0) is 6.42 Å². The molecule has 6 nitrogen and oxygen atoms in total. The Morgan fingerprint density at radius 2 is 1.86 bits per heavy atom. The summed E-state index contributed by atoms with van der Waals surface area (Å²) >= 11 is 0. The number of carbonyl (C=O) groups excluding carboxylic acids is 2. The SMILES string of the molecule is CC(=O)c1cccc(NC(=O)c2ccc(N(C)CCc3ccncc3)cn2)c1. The molecule has 0 aliphatic rings. The van der Waals surface area contributed by atoms with E-state index in [0.29, 0.717) is 16.9 Å². The van der Waals surface area contributed by atoms with Crippen LogP contribution in [0.4, 0.5) is 11.4 Å². The van der Waals surface area contributed by atoms with Gasteiger partial charge >= 0.3 is 0 Å². The number of nitrogens with one attached hydrogen (secondary N) is 1. The molecule has 1 N–H and O–H groups in total. The van der Waals surface area contributed by atoms with Crippen molar-refractivity contribution >= 4 is 23.1 Å². The first-order valence-electron chi connectivity index (χ1n) is 9.01. The van der Waals surface area contributed by atoms with Gasteiger partial charge in [0.15, 0.2) is 5.78 Å². The second-order valence-corrected chi connectivity index (χ2v) is 6.52. The Balaban J connectivity index is 1.60. The van der Waals surface area contributed by atoms with E-state index in [4.69, 9.17) is 0 Å². The summed E-state index contributed by atoms with van der Waals surface area (Å²) in [5.41, 5.74) is 3.59. The van der Waals surface area contributed by atoms with Crippen molar-refractivity contribution in [3.8, 4) is 0 Å². The van der Waals surface area contributed by atoms with E-state index in [1.54, 1.807) is 48.9 Å². The Morgan fingerprint density at radius 1 is 1.07 bits per heavy atom. The van der Waals surface area contributed by atoms with Crippen LogP contribution in [0.25, 0.3) is 0 Å². The minimum atomic E-state index is -0.313. The second kappa shape index (κ2) is 8.90. The number of ketones is 1. The fourth-order valence-electron chi connectivity index (χ4n) is 2.73. The molecule has 0 fully saturated rings. The van der Waals surface area contributed by atoms with E-state index in [1.807, 2.05) is 25.2 Å². The van der Waals surface area contributed by atoms with Crippen LogP contribution >= 0.6 is 0 Å². The molecule has 0 spiro atoms. The van der Waals surface area contributed by atoms with E-state index < -0.39 is 0 Å². The number of nitrogens with zero attached hydrogens (tertiary/aromatic N) is 3. The van der Waals surface area contributed by atoms with E-state index in [1.165, 1.54) is 12.5 Å². The lowest BCUT2D eigenvalue weighted by Crippen LogP contribution is -2.21. The summed E-state index contributed by atoms with van der Waals surface area (Å²) in [4.78, 5) is 34.3. The fourth-order valence-corrected chi connectivity index (χ4v) is 2.73. The van der Waals surface area contributed by atoms with Crippen LogP contribution in [0, 0.1) is 0 Å². The van der Waals surface area contributed by atoms with Crippen LogP contribution in [0.2, 0.25) is 0 Å². The molecule has 2 aromatic heterocycles. The second-order valence-electron chi connectivity index (χ2n) is 6.52. The van der Waals surface area contributed by atoms with Crippen molar-refractivity contribution < 1.29 is 9.59 Å². The van der Waals surface area contributed by atoms with Crippen molar-refractivity contribution in [3.05, 3.63) is 83.9 Å². The van der Waals surface area contributed by atoms with Crippen LogP contribution in [-0.4, -0.2) is 35.3 Å². The molecule has 0 unspecified atom stereocenters. The van der Waals surface area contributed by atoms with E-state index in [2.05, 4.69) is 20.2 Å². The van der Waals surface area contributed by atoms with Gasteiger partial charge in [-0.15, -0.1) is 0 Å². The molecule has 3 rings (SSSR count). The third-order valence-electron chi connectivity index (χ3n) is 4.43. The summed E-state index contributed by atoms with van der Waals surface area (Å²) in [6.07, 6.45) is 6.16. The molecular weight excluding hydrogens is 352 g/mol. The molecule has 0 atom stereocenters. The van der Waals surface area contributed by atoms with Crippen LogP contribution in [0.3, 0.4) is 0 Å². The highest BCUT2D eigenvalue weighted by molar-refractivity contribution is 6.04. The molecule has 0 radical (unpaired) electrons. The molecule has 2 heterocycles. The Labute approximate surface area is 164 Å². The number of likely N-dealkylation sites (N-methyl/N-ethyl adjacent to an activating group) is 1. The number of Topliss-reactive ketones (excluding diaryl/α,β-unsaturated/α-hetero) is 1. The van der Waals surface area contributed by atoms with Gasteiger partial charge in [0.05, 0.1) is 11.9 Å². The molecule has 142 valence electrons. The lowest BCUT2D eigenvalue weighted by atomic mass is 10.1. The summed E-state index contributed by atoms with van der Waals surface area (Å²) in [5, 5.41) is 2.78. The summed E-state index contributed by atoms with van der Waals surface area (Å²) in [7, 11) is 1.99. The van der Waals surface area contributed by atoms with Crippen LogP contribution in [0.1, 0.15) is 33.3 Å². The zero-order chi connectivity index (χ0) is 19.9. The third-order valence-corrected chi connectivity index (χ3v) is 4.43. The molecule has 28 heavy (non-hydrogen) atoms. The standard InChI is InChI=1S/C22H22N4O2/c1-16(27)18-4-3-5-19(14-18)25-22(28)21-7-6-20(15-24-21)26(2)13-10-17-8-11-23-12-9-17/h3-9,11-12,14-15H,10,13H2,1-2H3,(H,25,28). The maximum absolute atomic E-state index is 12.4. The molecular formula is C22H22N4O2. The van der Waals surface area contributed by atoms with E-state index >= 15 is 0 Å². The maximum Gasteiger partial charge on any atom is 0.274 e. The predicted molar refractivity (Wildman–Crippen MR) is 110 cm³/mol. The largest absolute Gasteiger partial charge is 0.373 e. The van der Waals surface area contributed by atoms with Gasteiger partial charge in [-0.05, 0) is 55.3 Å². The Kier molecular flexibility index (Phi) is 6.11. The molecule has 1 aromatic carbocycles. The normalized spacial score (nSPS) is 10.4. The lowest BCUT2D eigenvalue weighted by Gasteiger charge is -2.19. The van der Waals surface area contributed by atoms with E-state index in [9.17, 15) is 9.59 Å². The molecule has 3 aromatic rings. The molecule has 6 heteroatoms.